The Morgan fingerprint density at radius 1 is 1.62 bits per heavy atom. The van der Waals surface area contributed by atoms with Gasteiger partial charge in [0.05, 0.1) is 17.3 Å². The van der Waals surface area contributed by atoms with Crippen LogP contribution in [0.3, 0.4) is 0 Å². The van der Waals surface area contributed by atoms with Gasteiger partial charge in [0.2, 0.25) is 0 Å². The predicted octanol–water partition coefficient (Wildman–Crippen LogP) is 2.30. The summed E-state index contributed by atoms with van der Waals surface area (Å²) >= 11 is 5.70. The van der Waals surface area contributed by atoms with Crippen LogP contribution >= 0.6 is 11.6 Å². The molecule has 6 nitrogen and oxygen atoms in total. The summed E-state index contributed by atoms with van der Waals surface area (Å²) in [5.74, 6) is -1.41. The molecule has 0 saturated carbocycles. The van der Waals surface area contributed by atoms with Crippen molar-refractivity contribution in [3.63, 3.8) is 0 Å². The number of nitrogen functional groups attached to an aromatic ring is 1. The van der Waals surface area contributed by atoms with Gasteiger partial charge < -0.3 is 10.5 Å². The molecule has 1 aromatic heterocycles. The first kappa shape index (κ1) is 14.8. The fourth-order valence-electron chi connectivity index (χ4n) is 1.70. The average molecular weight is 309 g/mol. The molecule has 2 rings (SSSR count). The van der Waals surface area contributed by atoms with Crippen LogP contribution in [-0.4, -0.2) is 22.4 Å². The van der Waals surface area contributed by atoms with Crippen molar-refractivity contribution in [1.29, 1.82) is 5.26 Å². The van der Waals surface area contributed by atoms with E-state index < -0.39 is 11.8 Å². The molecular formula is C13H10ClFN4O2. The maximum Gasteiger partial charge on any atom is 0.360 e. The van der Waals surface area contributed by atoms with Crippen molar-refractivity contribution in [3.8, 4) is 11.8 Å². The smallest absolute Gasteiger partial charge is 0.360 e. The number of nitriles is 1. The number of hydrogen-bond acceptors (Lipinski definition) is 5. The van der Waals surface area contributed by atoms with Crippen molar-refractivity contribution in [1.82, 2.24) is 9.78 Å². The lowest BCUT2D eigenvalue weighted by atomic mass is 10.2. The van der Waals surface area contributed by atoms with Gasteiger partial charge in [-0.25, -0.2) is 13.9 Å². The summed E-state index contributed by atoms with van der Waals surface area (Å²) in [4.78, 5) is 11.8. The second-order valence-corrected chi connectivity index (χ2v) is 4.36. The zero-order valence-electron chi connectivity index (χ0n) is 10.9. The van der Waals surface area contributed by atoms with Crippen LogP contribution in [0.4, 0.5) is 10.2 Å². The van der Waals surface area contributed by atoms with Crippen LogP contribution in [0.1, 0.15) is 23.0 Å². The zero-order valence-corrected chi connectivity index (χ0v) is 11.7. The van der Waals surface area contributed by atoms with Crippen molar-refractivity contribution in [2.24, 2.45) is 0 Å². The van der Waals surface area contributed by atoms with E-state index >= 15 is 0 Å². The maximum absolute atomic E-state index is 13.2. The van der Waals surface area contributed by atoms with E-state index in [1.807, 2.05) is 0 Å². The highest BCUT2D eigenvalue weighted by molar-refractivity contribution is 6.30. The number of esters is 1. The second-order valence-electron chi connectivity index (χ2n) is 3.95. The number of halogens is 2. The summed E-state index contributed by atoms with van der Waals surface area (Å²) in [6.45, 7) is 1.77. The van der Waals surface area contributed by atoms with Crippen LogP contribution in [0.2, 0.25) is 5.02 Å². The van der Waals surface area contributed by atoms with Crippen molar-refractivity contribution >= 4 is 23.4 Å². The van der Waals surface area contributed by atoms with Gasteiger partial charge in [0.25, 0.3) is 0 Å². The lowest BCUT2D eigenvalue weighted by Gasteiger charge is -2.04. The Labute approximate surface area is 124 Å². The molecule has 0 saturated heterocycles. The van der Waals surface area contributed by atoms with Crippen LogP contribution in [0.25, 0.3) is 5.69 Å². The zero-order chi connectivity index (χ0) is 15.6. The first-order valence-electron chi connectivity index (χ1n) is 5.90. The Bertz CT molecular complexity index is 751. The first-order chi connectivity index (χ1) is 9.99. The fraction of sp³-hybridized carbons (Fsp3) is 0.154. The molecule has 1 heterocycles. The largest absolute Gasteiger partial charge is 0.461 e. The molecule has 108 valence electrons. The molecule has 0 bridgehead atoms. The highest BCUT2D eigenvalue weighted by Crippen LogP contribution is 2.24. The van der Waals surface area contributed by atoms with E-state index in [1.165, 1.54) is 12.1 Å². The maximum atomic E-state index is 13.2. The Morgan fingerprint density at radius 2 is 2.33 bits per heavy atom. The van der Waals surface area contributed by atoms with Crippen molar-refractivity contribution < 1.29 is 13.9 Å². The number of carbonyl (C=O) groups is 1. The standard InChI is InChI=1S/C13H10ClFN4O2/c1-2-21-13(20)11-8(6-16)12(17)19(18-11)7-3-4-10(15)9(14)5-7/h3-5H,2,17H2,1H3. The Kier molecular flexibility index (Phi) is 4.10. The van der Waals surface area contributed by atoms with Gasteiger partial charge in [0, 0.05) is 0 Å². The molecule has 8 heteroatoms. The quantitative estimate of drug-likeness (QED) is 0.878. The highest BCUT2D eigenvalue weighted by Gasteiger charge is 2.23. The lowest BCUT2D eigenvalue weighted by molar-refractivity contribution is 0.0518. The number of ether oxygens (including phenoxy) is 1. The number of hydrogen-bond donors (Lipinski definition) is 1. The summed E-state index contributed by atoms with van der Waals surface area (Å²) in [5.41, 5.74) is 5.83. The van der Waals surface area contributed by atoms with Gasteiger partial charge in [-0.15, -0.1) is 0 Å². The van der Waals surface area contributed by atoms with Gasteiger partial charge in [-0.2, -0.15) is 10.4 Å². The topological polar surface area (TPSA) is 93.9 Å². The van der Waals surface area contributed by atoms with Gasteiger partial charge in [0.1, 0.15) is 23.3 Å². The van der Waals surface area contributed by atoms with Crippen LogP contribution in [0.15, 0.2) is 18.2 Å². The number of benzene rings is 1. The first-order valence-corrected chi connectivity index (χ1v) is 6.28. The van der Waals surface area contributed by atoms with Crippen LogP contribution < -0.4 is 5.73 Å². The van der Waals surface area contributed by atoms with Crippen molar-refractivity contribution in [2.45, 2.75) is 6.92 Å². The molecule has 1 aromatic carbocycles. The molecule has 0 fully saturated rings. The average Bonchev–Trinajstić information content (AvgIpc) is 2.79. The minimum absolute atomic E-state index is 0.0526. The van der Waals surface area contributed by atoms with Crippen LogP contribution in [0, 0.1) is 17.1 Å². The number of anilines is 1. The van der Waals surface area contributed by atoms with Crippen molar-refractivity contribution in [3.05, 3.63) is 40.3 Å². The SMILES string of the molecule is CCOC(=O)c1nn(-c2ccc(F)c(Cl)c2)c(N)c1C#N. The monoisotopic (exact) mass is 308 g/mol. The van der Waals surface area contributed by atoms with Gasteiger partial charge in [-0.05, 0) is 25.1 Å². The predicted molar refractivity (Wildman–Crippen MR) is 73.6 cm³/mol. The minimum atomic E-state index is -0.757. The van der Waals surface area contributed by atoms with E-state index in [1.54, 1.807) is 13.0 Å². The molecular weight excluding hydrogens is 299 g/mol. The molecule has 0 aliphatic heterocycles. The number of carbonyl (C=O) groups excluding carboxylic acids is 1. The summed E-state index contributed by atoms with van der Waals surface area (Å²) in [6.07, 6.45) is 0. The third kappa shape index (κ3) is 2.66. The van der Waals surface area contributed by atoms with E-state index in [-0.39, 0.29) is 28.7 Å². The van der Waals surface area contributed by atoms with E-state index in [2.05, 4.69) is 5.10 Å². The summed E-state index contributed by atoms with van der Waals surface area (Å²) in [5, 5.41) is 12.9. The number of rotatable bonds is 3. The normalized spacial score (nSPS) is 10.2. The Hall–Kier alpha value is -2.59. The molecule has 2 N–H and O–H groups in total. The van der Waals surface area contributed by atoms with Crippen LogP contribution in [-0.2, 0) is 4.74 Å². The van der Waals surface area contributed by atoms with Gasteiger partial charge in [-0.3, -0.25) is 0 Å². The lowest BCUT2D eigenvalue weighted by Crippen LogP contribution is -2.08. The second kappa shape index (κ2) is 5.81. The third-order valence-corrected chi connectivity index (χ3v) is 2.94. The van der Waals surface area contributed by atoms with E-state index in [0.29, 0.717) is 5.69 Å². The van der Waals surface area contributed by atoms with Gasteiger partial charge in [0.15, 0.2) is 5.69 Å². The molecule has 0 aliphatic rings. The molecule has 0 atom stereocenters. The fourth-order valence-corrected chi connectivity index (χ4v) is 1.87. The molecule has 2 aromatic rings. The molecule has 0 amide bonds. The van der Waals surface area contributed by atoms with E-state index in [9.17, 15) is 9.18 Å². The number of nitrogens with two attached hydrogens (primary N) is 1. The Balaban J connectivity index is 2.58. The molecule has 0 unspecified atom stereocenters. The van der Waals surface area contributed by atoms with Gasteiger partial charge >= 0.3 is 5.97 Å². The molecule has 21 heavy (non-hydrogen) atoms. The van der Waals surface area contributed by atoms with Gasteiger partial charge in [-0.1, -0.05) is 11.6 Å². The van der Waals surface area contributed by atoms with E-state index in [4.69, 9.17) is 27.3 Å². The summed E-state index contributed by atoms with van der Waals surface area (Å²) < 4.78 is 19.1. The minimum Gasteiger partial charge on any atom is -0.461 e. The number of aromatic nitrogens is 2. The third-order valence-electron chi connectivity index (χ3n) is 2.65. The summed E-state index contributed by atoms with van der Waals surface area (Å²) in [6, 6.07) is 5.60. The summed E-state index contributed by atoms with van der Waals surface area (Å²) in [7, 11) is 0. The van der Waals surface area contributed by atoms with E-state index in [0.717, 1.165) is 10.7 Å². The van der Waals surface area contributed by atoms with Crippen molar-refractivity contribution in [2.75, 3.05) is 12.3 Å². The Morgan fingerprint density at radius 3 is 2.90 bits per heavy atom. The highest BCUT2D eigenvalue weighted by atomic mass is 35.5. The number of nitrogens with zero attached hydrogens (tertiary/aromatic N) is 3. The molecule has 0 radical (unpaired) electrons. The molecule has 0 spiro atoms. The van der Waals surface area contributed by atoms with Crippen LogP contribution in [0.5, 0.6) is 0 Å². The molecule has 0 aliphatic carbocycles.